The summed E-state index contributed by atoms with van der Waals surface area (Å²) in [7, 11) is 0. The van der Waals surface area contributed by atoms with E-state index in [2.05, 4.69) is 32.0 Å². The smallest absolute Gasteiger partial charge is 0.146 e. The summed E-state index contributed by atoms with van der Waals surface area (Å²) < 4.78 is 0.731. The molecule has 0 aliphatic carbocycles. The number of nitrogens with zero attached hydrogens (tertiary/aromatic N) is 2. The van der Waals surface area contributed by atoms with Crippen LogP contribution in [-0.4, -0.2) is 9.97 Å². The molecule has 0 fully saturated rings. The van der Waals surface area contributed by atoms with E-state index < -0.39 is 0 Å². The SMILES string of the molecule is Clc1nc(Cc2cccs2)ncc1Br. The largest absolute Gasteiger partial charge is 0.240 e. The number of rotatable bonds is 2. The Bertz CT molecular complexity index is 430. The van der Waals surface area contributed by atoms with Crippen molar-refractivity contribution in [1.29, 1.82) is 0 Å². The summed E-state index contributed by atoms with van der Waals surface area (Å²) in [4.78, 5) is 9.58. The van der Waals surface area contributed by atoms with Gasteiger partial charge in [-0.05, 0) is 27.4 Å². The van der Waals surface area contributed by atoms with Gasteiger partial charge in [-0.25, -0.2) is 9.97 Å². The van der Waals surface area contributed by atoms with Crippen molar-refractivity contribution in [2.24, 2.45) is 0 Å². The fraction of sp³-hybridized carbons (Fsp3) is 0.111. The number of halogens is 2. The van der Waals surface area contributed by atoms with Crippen LogP contribution in [0.4, 0.5) is 0 Å². The van der Waals surface area contributed by atoms with Gasteiger partial charge in [0.05, 0.1) is 4.47 Å². The van der Waals surface area contributed by atoms with Crippen molar-refractivity contribution in [3.63, 3.8) is 0 Å². The predicted octanol–water partition coefficient (Wildman–Crippen LogP) is 3.54. The molecule has 0 N–H and O–H groups in total. The molecule has 0 atom stereocenters. The van der Waals surface area contributed by atoms with Gasteiger partial charge >= 0.3 is 0 Å². The van der Waals surface area contributed by atoms with E-state index in [9.17, 15) is 0 Å². The highest BCUT2D eigenvalue weighted by atomic mass is 79.9. The van der Waals surface area contributed by atoms with Gasteiger partial charge in [0.2, 0.25) is 0 Å². The Morgan fingerprint density at radius 2 is 2.36 bits per heavy atom. The van der Waals surface area contributed by atoms with Crippen LogP contribution >= 0.6 is 38.9 Å². The molecule has 5 heteroatoms. The Balaban J connectivity index is 2.22. The molecular formula is C9H6BrClN2S. The second-order valence-corrected chi connectivity index (χ2v) is 4.93. The Kier molecular flexibility index (Phi) is 3.15. The standard InChI is InChI=1S/C9H6BrClN2S/c10-7-5-12-8(13-9(7)11)4-6-2-1-3-14-6/h1-3,5H,4H2. The molecule has 0 saturated heterocycles. The van der Waals surface area contributed by atoms with Crippen LogP contribution in [0, 0.1) is 0 Å². The van der Waals surface area contributed by atoms with E-state index in [-0.39, 0.29) is 0 Å². The first-order chi connectivity index (χ1) is 6.75. The van der Waals surface area contributed by atoms with E-state index in [0.29, 0.717) is 5.15 Å². The molecule has 72 valence electrons. The van der Waals surface area contributed by atoms with Gasteiger partial charge in [-0.1, -0.05) is 17.7 Å². The van der Waals surface area contributed by atoms with Crippen molar-refractivity contribution in [3.05, 3.63) is 44.0 Å². The van der Waals surface area contributed by atoms with Crippen LogP contribution in [-0.2, 0) is 6.42 Å². The number of hydrogen-bond acceptors (Lipinski definition) is 3. The van der Waals surface area contributed by atoms with E-state index in [1.807, 2.05) is 11.4 Å². The Morgan fingerprint density at radius 3 is 3.00 bits per heavy atom. The van der Waals surface area contributed by atoms with Crippen LogP contribution in [0.5, 0.6) is 0 Å². The Hall–Kier alpha value is -0.450. The molecule has 0 amide bonds. The minimum absolute atomic E-state index is 0.464. The lowest BCUT2D eigenvalue weighted by Crippen LogP contribution is -1.95. The highest BCUT2D eigenvalue weighted by Crippen LogP contribution is 2.20. The third-order valence-electron chi connectivity index (χ3n) is 1.66. The molecule has 2 aromatic heterocycles. The van der Waals surface area contributed by atoms with Crippen molar-refractivity contribution >= 4 is 38.9 Å². The fourth-order valence-corrected chi connectivity index (χ4v) is 2.07. The van der Waals surface area contributed by atoms with Crippen LogP contribution in [0.25, 0.3) is 0 Å². The van der Waals surface area contributed by atoms with Crippen LogP contribution < -0.4 is 0 Å². The van der Waals surface area contributed by atoms with Gasteiger partial charge < -0.3 is 0 Å². The first kappa shape index (κ1) is 10.1. The molecule has 0 radical (unpaired) electrons. The fourth-order valence-electron chi connectivity index (χ4n) is 1.03. The molecular weight excluding hydrogens is 284 g/mol. The van der Waals surface area contributed by atoms with Crippen molar-refractivity contribution in [2.75, 3.05) is 0 Å². The molecule has 2 rings (SSSR count). The summed E-state index contributed by atoms with van der Waals surface area (Å²) in [6, 6.07) is 4.07. The van der Waals surface area contributed by atoms with E-state index in [4.69, 9.17) is 11.6 Å². The molecule has 14 heavy (non-hydrogen) atoms. The van der Waals surface area contributed by atoms with Gasteiger partial charge in [0.25, 0.3) is 0 Å². The first-order valence-corrected chi connectivity index (χ1v) is 6.00. The van der Waals surface area contributed by atoms with E-state index in [1.165, 1.54) is 4.88 Å². The predicted molar refractivity (Wildman–Crippen MR) is 61.9 cm³/mol. The number of aromatic nitrogens is 2. The zero-order chi connectivity index (χ0) is 9.97. The minimum atomic E-state index is 0.464. The topological polar surface area (TPSA) is 25.8 Å². The van der Waals surface area contributed by atoms with Crippen molar-refractivity contribution in [1.82, 2.24) is 9.97 Å². The number of thiophene rings is 1. The summed E-state index contributed by atoms with van der Waals surface area (Å²) in [5, 5.41) is 2.50. The van der Waals surface area contributed by atoms with Gasteiger partial charge in [-0.3, -0.25) is 0 Å². The maximum absolute atomic E-state index is 5.86. The molecule has 0 aromatic carbocycles. The lowest BCUT2D eigenvalue weighted by molar-refractivity contribution is 0.974. The average Bonchev–Trinajstić information content (AvgIpc) is 2.64. The van der Waals surface area contributed by atoms with Crippen LogP contribution in [0.3, 0.4) is 0 Å². The third-order valence-corrected chi connectivity index (χ3v) is 3.64. The number of hydrogen-bond donors (Lipinski definition) is 0. The summed E-state index contributed by atoms with van der Waals surface area (Å²) in [5.41, 5.74) is 0. The first-order valence-electron chi connectivity index (χ1n) is 3.95. The van der Waals surface area contributed by atoms with E-state index in [1.54, 1.807) is 17.5 Å². The molecule has 0 unspecified atom stereocenters. The lowest BCUT2D eigenvalue weighted by atomic mass is 10.3. The molecule has 0 aliphatic heterocycles. The summed E-state index contributed by atoms with van der Waals surface area (Å²) in [6.45, 7) is 0. The lowest BCUT2D eigenvalue weighted by Gasteiger charge is -1.99. The maximum Gasteiger partial charge on any atom is 0.146 e. The second kappa shape index (κ2) is 4.38. The van der Waals surface area contributed by atoms with Gasteiger partial charge in [0.1, 0.15) is 11.0 Å². The quantitative estimate of drug-likeness (QED) is 0.790. The highest BCUT2D eigenvalue weighted by Gasteiger charge is 2.03. The van der Waals surface area contributed by atoms with E-state index >= 15 is 0 Å². The Labute approximate surface area is 99.1 Å². The average molecular weight is 290 g/mol. The molecule has 2 aromatic rings. The van der Waals surface area contributed by atoms with Crippen molar-refractivity contribution in [2.45, 2.75) is 6.42 Å². The molecule has 0 bridgehead atoms. The monoisotopic (exact) mass is 288 g/mol. The zero-order valence-corrected chi connectivity index (χ0v) is 10.2. The molecule has 0 spiro atoms. The van der Waals surface area contributed by atoms with E-state index in [0.717, 1.165) is 16.7 Å². The van der Waals surface area contributed by atoms with Crippen LogP contribution in [0.2, 0.25) is 5.15 Å². The molecule has 0 aliphatic rings. The summed E-state index contributed by atoms with van der Waals surface area (Å²) >= 11 is 10.8. The minimum Gasteiger partial charge on any atom is -0.240 e. The zero-order valence-electron chi connectivity index (χ0n) is 7.08. The molecule has 2 nitrogen and oxygen atoms in total. The normalized spacial score (nSPS) is 10.4. The van der Waals surface area contributed by atoms with Crippen LogP contribution in [0.15, 0.2) is 28.2 Å². The molecule has 0 saturated carbocycles. The van der Waals surface area contributed by atoms with Crippen LogP contribution in [0.1, 0.15) is 10.7 Å². The second-order valence-electron chi connectivity index (χ2n) is 2.68. The van der Waals surface area contributed by atoms with Gasteiger partial charge in [-0.2, -0.15) is 0 Å². The maximum atomic E-state index is 5.86. The van der Waals surface area contributed by atoms with Gasteiger partial charge in [-0.15, -0.1) is 11.3 Å². The van der Waals surface area contributed by atoms with Gasteiger partial charge in [0.15, 0.2) is 0 Å². The third kappa shape index (κ3) is 2.32. The van der Waals surface area contributed by atoms with Crippen molar-refractivity contribution in [3.8, 4) is 0 Å². The summed E-state index contributed by atoms with van der Waals surface area (Å²) in [5.74, 6) is 0.751. The van der Waals surface area contributed by atoms with Gasteiger partial charge in [0, 0.05) is 17.5 Å². The molecule has 2 heterocycles. The highest BCUT2D eigenvalue weighted by molar-refractivity contribution is 9.10. The summed E-state index contributed by atoms with van der Waals surface area (Å²) in [6.07, 6.45) is 2.42. The Morgan fingerprint density at radius 1 is 1.50 bits per heavy atom. The van der Waals surface area contributed by atoms with Crippen molar-refractivity contribution < 1.29 is 0 Å².